The fourth-order valence-corrected chi connectivity index (χ4v) is 2.69. The third kappa shape index (κ3) is 21.4. The van der Waals surface area contributed by atoms with Gasteiger partial charge in [0, 0.05) is 42.3 Å². The maximum atomic E-state index is 10.8. The van der Waals surface area contributed by atoms with E-state index >= 15 is 0 Å². The van der Waals surface area contributed by atoms with E-state index in [-0.39, 0.29) is 12.4 Å². The molecule has 12 N–H and O–H groups in total. The van der Waals surface area contributed by atoms with E-state index < -0.39 is 142 Å². The molecule has 0 aromatic rings. The van der Waals surface area contributed by atoms with Crippen molar-refractivity contribution < 1.29 is 76.9 Å². The molecule has 3 saturated carbocycles. The molecule has 0 bridgehead atoms. The minimum atomic E-state index is -2.83. The van der Waals surface area contributed by atoms with E-state index in [4.69, 9.17) is 56.2 Å². The maximum Gasteiger partial charge on any atom is 0.252 e. The Morgan fingerprint density at radius 1 is 0.953 bits per heavy atom. The first kappa shape index (κ1) is 18.9. The Labute approximate surface area is 296 Å². The van der Waals surface area contributed by atoms with E-state index in [1.165, 1.54) is 13.8 Å². The molecule has 6 atom stereocenters. The summed E-state index contributed by atoms with van der Waals surface area (Å²) in [4.78, 5) is 21.6. The summed E-state index contributed by atoms with van der Waals surface area (Å²) in [6, 6.07) is 0.347. The van der Waals surface area contributed by atoms with Gasteiger partial charge in [-0.2, -0.15) is 10.8 Å². The molecule has 3 rings (SSSR count). The monoisotopic (exact) mass is 677 g/mol. The molecule has 2 amide bonds. The first-order valence-electron chi connectivity index (χ1n) is 22.4. The number of aliphatic hydroxyl groups is 4. The number of hydrogen-bond donors (Lipinski definition) is 8. The Morgan fingerprint density at radius 2 is 1.33 bits per heavy atom. The Kier molecular flexibility index (Phi) is 12.1. The van der Waals surface area contributed by atoms with Crippen molar-refractivity contribution in [2.45, 2.75) is 115 Å². The fraction of sp³-hybridized carbons (Fsp3) is 0.889. The lowest BCUT2D eigenvalue weighted by Gasteiger charge is -2.29. The van der Waals surface area contributed by atoms with Crippen LogP contribution in [0.1, 0.15) is 119 Å². The number of aliphatic hydroxyl groups excluding tert-OH is 4. The predicted molar refractivity (Wildman–Crippen MR) is 157 cm³/mol. The molecule has 252 valence electrons. The van der Waals surface area contributed by atoms with Gasteiger partial charge in [-0.1, -0.05) is 75.8 Å². The summed E-state index contributed by atoms with van der Waals surface area (Å²) in [5, 5.41) is 48.8. The van der Waals surface area contributed by atoms with Gasteiger partial charge in [0.2, 0.25) is 5.91 Å². The third-order valence-electron chi connectivity index (χ3n) is 5.12. The quantitative estimate of drug-likeness (QED) is 0.0734. The highest BCUT2D eigenvalue weighted by Gasteiger charge is 2.29. The molecule has 0 aromatic carbocycles. The second-order valence-corrected chi connectivity index (χ2v) is 8.57. The fourth-order valence-electron chi connectivity index (χ4n) is 2.66. The molecule has 0 aromatic heterocycles. The van der Waals surface area contributed by atoms with E-state index in [9.17, 15) is 24.9 Å². The summed E-state index contributed by atoms with van der Waals surface area (Å²) in [5.74, 6) is -11.1. The van der Waals surface area contributed by atoms with Crippen molar-refractivity contribution in [3.05, 3.63) is 0 Å². The van der Waals surface area contributed by atoms with Crippen LogP contribution in [-0.2, 0) is 9.59 Å². The summed E-state index contributed by atoms with van der Waals surface area (Å²) < 4.78 is 162. The van der Waals surface area contributed by atoms with Crippen LogP contribution in [0, 0.1) is 46.4 Å². The van der Waals surface area contributed by atoms with Gasteiger partial charge in [-0.25, -0.2) is 0 Å². The molecule has 6 unspecified atom stereocenters. The van der Waals surface area contributed by atoms with Crippen LogP contribution >= 0.6 is 11.8 Å². The van der Waals surface area contributed by atoms with Gasteiger partial charge < -0.3 is 50.0 Å². The predicted octanol–water partition coefficient (Wildman–Crippen LogP) is -0.860. The van der Waals surface area contributed by atoms with Crippen LogP contribution in [0.2, 0.25) is 0 Å². The number of carbonyl (C=O) groups excluding carboxylic acids is 2. The summed E-state index contributed by atoms with van der Waals surface area (Å²) >= 11 is 4.55. The number of nitriles is 1. The van der Waals surface area contributed by atoms with E-state index in [0.717, 1.165) is 7.11 Å². The molecule has 0 heterocycles. The number of hydrogen-bond acceptors (Lipinski definition) is 9. The molecule has 3 fully saturated rings. The number of nitrogens with zero attached hydrogens (tertiary/aromatic N) is 4. The van der Waals surface area contributed by atoms with Crippen LogP contribution in [0.25, 0.3) is 0 Å². The Bertz CT molecular complexity index is 1570. The van der Waals surface area contributed by atoms with Crippen LogP contribution < -0.4 is 29.6 Å². The van der Waals surface area contributed by atoms with Gasteiger partial charge in [0.25, 0.3) is 5.91 Å². The van der Waals surface area contributed by atoms with Crippen LogP contribution in [-0.4, -0.2) is 63.7 Å². The van der Waals surface area contributed by atoms with Gasteiger partial charge in [0.1, 0.15) is 18.2 Å². The maximum absolute atomic E-state index is 10.8. The number of halogens is 2. The zero-order chi connectivity index (χ0) is 51.6. The number of carbonyl (C=O) groups is 2. The average Bonchev–Trinajstić information content (AvgIpc) is 3.16. The molecule has 43 heavy (non-hydrogen) atoms. The lowest BCUT2D eigenvalue weighted by atomic mass is 9.78. The number of primary amides is 2. The van der Waals surface area contributed by atoms with Gasteiger partial charge in [-0.15, -0.1) is 0 Å². The number of nitrogens with two attached hydrogens (primary N) is 2. The van der Waals surface area contributed by atoms with Crippen molar-refractivity contribution in [2.24, 2.45) is 56.1 Å². The zero-order valence-corrected chi connectivity index (χ0v) is 25.1. The lowest BCUT2D eigenvalue weighted by molar-refractivity contribution is -0.437. The summed E-state index contributed by atoms with van der Waals surface area (Å²) in [6.45, 7) is 2.75. The van der Waals surface area contributed by atoms with Gasteiger partial charge in [-0.05, 0) is 52.8 Å². The lowest BCUT2D eigenvalue weighted by Crippen LogP contribution is -3.00. The molecule has 16 heteroatoms. The van der Waals surface area contributed by atoms with Crippen LogP contribution in [0.4, 0.5) is 0 Å². The normalized spacial score (nSPS) is 39.9. The van der Waals surface area contributed by atoms with Gasteiger partial charge in [-0.3, -0.25) is 9.59 Å². The van der Waals surface area contributed by atoms with E-state index in [0.29, 0.717) is 0 Å². The molecule has 3 aliphatic rings. The first-order valence-corrected chi connectivity index (χ1v) is 12.3. The Balaban J connectivity index is -0.000000805. The molecule has 0 spiro atoms. The molecule has 0 saturated heterocycles. The van der Waals surface area contributed by atoms with Crippen LogP contribution in [0.3, 0.4) is 0 Å². The molecule has 3 aliphatic carbocycles. The summed E-state index contributed by atoms with van der Waals surface area (Å²) in [6.07, 6.45) is -31.1. The van der Waals surface area contributed by atoms with Crippen molar-refractivity contribution >= 4 is 23.6 Å². The van der Waals surface area contributed by atoms with Crippen molar-refractivity contribution in [3.63, 3.8) is 0 Å². The topological polar surface area (TPSA) is 279 Å². The largest absolute Gasteiger partial charge is 1.00 e. The highest BCUT2D eigenvalue weighted by Crippen LogP contribution is 2.33. The van der Waals surface area contributed by atoms with Gasteiger partial charge in [0.05, 0.1) is 17.8 Å². The third-order valence-corrected chi connectivity index (χ3v) is 5.18. The van der Waals surface area contributed by atoms with Crippen molar-refractivity contribution in [2.75, 3.05) is 7.11 Å². The SMILES string of the molecule is CO.N=NN=NCl.[2H]C1([2H])C([2H])([2H])C([2H])(CC(C)C(O)C#N)C1([2H])[2H].[2H]C1([2H])C([2H])([2H])C([2H])(CC(C)C(O)C(N)=O)C1([2H])[2H].[2H]C1([2H])C([2H])([2H])C([2H])(CC([NH3+])C(O)C(N)=O)C1([2H])[2H].[Cl-]. The Hall–Kier alpha value is -1.99. The van der Waals surface area contributed by atoms with E-state index in [2.05, 4.69) is 32.6 Å². The first-order chi connectivity index (χ1) is 27.8. The molecule has 0 aliphatic heterocycles. The zero-order valence-electron chi connectivity index (χ0n) is 44.6. The number of quaternary nitrogens is 1. The van der Waals surface area contributed by atoms with Crippen LogP contribution in [0.15, 0.2) is 15.1 Å². The highest BCUT2D eigenvalue weighted by atomic mass is 35.5. The average molecular weight is 679 g/mol. The highest BCUT2D eigenvalue weighted by molar-refractivity contribution is 6.13. The summed E-state index contributed by atoms with van der Waals surface area (Å²) in [5.41, 5.74) is 19.0. The number of rotatable bonds is 12. The molecule has 0 radical (unpaired) electrons. The van der Waals surface area contributed by atoms with Crippen molar-refractivity contribution in [3.8, 4) is 6.07 Å². The van der Waals surface area contributed by atoms with E-state index in [1.807, 2.05) is 0 Å². The molecule has 14 nitrogen and oxygen atoms in total. The molecular formula is C27H54Cl2N8O6. The van der Waals surface area contributed by atoms with Crippen molar-refractivity contribution in [1.29, 1.82) is 10.8 Å². The number of amides is 2. The van der Waals surface area contributed by atoms with Crippen LogP contribution in [0.5, 0.6) is 0 Å². The van der Waals surface area contributed by atoms with Crippen molar-refractivity contribution in [1.82, 2.24) is 0 Å². The molecular weight excluding hydrogens is 603 g/mol. The number of nitrogens with one attached hydrogen (secondary N) is 1. The standard InChI is InChI=1S/C9H17NO2.C9H15NO.C8H16N2O2.CH4O.ClHN4.ClH/c1-6(8(11)9(10)12)5-7-3-2-4-7;1-7(9(11)6-10)5-8-3-2-4-8;9-6(7(11)8(10)12)4-5-2-1-3-5;1-2;1-3-5-4-2;/h6-8,11H,2-5H2,1H3,(H2,10,12);7-9,11H,2-5H2,1H3;5-7,11H,1-4,9H2,(H2,10,12);2H,1H3;2H;1H/i2D2,3D2,4D2,7D;2D2,3D2,4D2,8D;1D2,2D2,3D2,5D;;;. The smallest absolute Gasteiger partial charge is 0.252 e. The van der Waals surface area contributed by atoms with E-state index in [1.54, 1.807) is 6.07 Å². The minimum absolute atomic E-state index is 0. The second-order valence-electron chi connectivity index (χ2n) is 8.42. The van der Waals surface area contributed by atoms with Gasteiger partial charge >= 0.3 is 0 Å². The minimum Gasteiger partial charge on any atom is -1.00 e. The second kappa shape index (κ2) is 27.6. The summed E-state index contributed by atoms with van der Waals surface area (Å²) in [7, 11) is 1.00. The Morgan fingerprint density at radius 3 is 1.63 bits per heavy atom. The van der Waals surface area contributed by atoms with Gasteiger partial charge in [0.15, 0.2) is 6.10 Å².